The molecule has 0 saturated heterocycles. The van der Waals surface area contributed by atoms with Crippen molar-refractivity contribution < 1.29 is 9.30 Å². The maximum Gasteiger partial charge on any atom is 0.258 e. The van der Waals surface area contributed by atoms with Crippen LogP contribution in [0.15, 0.2) is 24.3 Å². The molecule has 3 heteroatoms. The third-order valence-corrected chi connectivity index (χ3v) is 4.41. The van der Waals surface area contributed by atoms with Gasteiger partial charge in [0.1, 0.15) is 0 Å². The molecular weight excluding hydrogens is 272 g/mol. The van der Waals surface area contributed by atoms with E-state index in [-0.39, 0.29) is 0 Å². The molecule has 0 aliphatic heterocycles. The molecule has 0 amide bonds. The van der Waals surface area contributed by atoms with E-state index in [1.807, 2.05) is 0 Å². The van der Waals surface area contributed by atoms with E-state index in [9.17, 15) is 0 Å². The Morgan fingerprint density at radius 3 is 2.50 bits per heavy atom. The van der Waals surface area contributed by atoms with Crippen molar-refractivity contribution in [1.29, 1.82) is 0 Å². The standard InChI is InChI=1S/C19H31N2O/c1-4-6-7-8-9-12-15-22-16-21-18-14-11-10-13-17(18)20(3)19(21)5-2/h10-11,13-14H,4-9,12,15-16H2,1-3H3/q+1. The summed E-state index contributed by atoms with van der Waals surface area (Å²) in [7, 11) is 2.14. The molecule has 0 aliphatic rings. The number of hydrogen-bond acceptors (Lipinski definition) is 1. The van der Waals surface area contributed by atoms with E-state index >= 15 is 0 Å². The summed E-state index contributed by atoms with van der Waals surface area (Å²) in [6, 6.07) is 8.57. The Morgan fingerprint density at radius 1 is 1.00 bits per heavy atom. The predicted octanol–water partition coefficient (Wildman–Crippen LogP) is 4.36. The van der Waals surface area contributed by atoms with E-state index < -0.39 is 0 Å². The summed E-state index contributed by atoms with van der Waals surface area (Å²) in [6.07, 6.45) is 8.89. The van der Waals surface area contributed by atoms with Crippen LogP contribution < -0.4 is 4.57 Å². The summed E-state index contributed by atoms with van der Waals surface area (Å²) in [5.41, 5.74) is 2.55. The minimum Gasteiger partial charge on any atom is -0.342 e. The lowest BCUT2D eigenvalue weighted by Crippen LogP contribution is -2.32. The Hall–Kier alpha value is -1.35. The molecule has 0 unspecified atom stereocenters. The number of unbranched alkanes of at least 4 members (excludes halogenated alkanes) is 5. The van der Waals surface area contributed by atoms with Gasteiger partial charge in [0, 0.05) is 6.42 Å². The first kappa shape index (κ1) is 17.0. The minimum absolute atomic E-state index is 0.666. The molecule has 1 heterocycles. The van der Waals surface area contributed by atoms with E-state index in [1.165, 1.54) is 55.4 Å². The van der Waals surface area contributed by atoms with Gasteiger partial charge in [-0.2, -0.15) is 0 Å². The summed E-state index contributed by atoms with van der Waals surface area (Å²) in [4.78, 5) is 0. The average Bonchev–Trinajstić information content (AvgIpc) is 2.82. The summed E-state index contributed by atoms with van der Waals surface area (Å²) in [5, 5.41) is 0. The van der Waals surface area contributed by atoms with Gasteiger partial charge in [-0.25, -0.2) is 9.13 Å². The summed E-state index contributed by atoms with van der Waals surface area (Å²) >= 11 is 0. The highest BCUT2D eigenvalue weighted by molar-refractivity contribution is 5.72. The number of nitrogens with zero attached hydrogens (tertiary/aromatic N) is 2. The maximum absolute atomic E-state index is 5.94. The normalized spacial score (nSPS) is 11.4. The van der Waals surface area contributed by atoms with E-state index in [0.717, 1.165) is 13.0 Å². The van der Waals surface area contributed by atoms with Gasteiger partial charge in [-0.15, -0.1) is 0 Å². The lowest BCUT2D eigenvalue weighted by molar-refractivity contribution is -0.654. The number of para-hydroxylation sites is 2. The van der Waals surface area contributed by atoms with Crippen molar-refractivity contribution >= 4 is 11.0 Å². The van der Waals surface area contributed by atoms with Gasteiger partial charge in [0.2, 0.25) is 0 Å². The lowest BCUT2D eigenvalue weighted by atomic mass is 10.1. The topological polar surface area (TPSA) is 18.0 Å². The molecule has 2 aromatic rings. The number of aryl methyl sites for hydroxylation is 1. The Kier molecular flexibility index (Phi) is 6.91. The third-order valence-electron chi connectivity index (χ3n) is 4.41. The van der Waals surface area contributed by atoms with E-state index in [4.69, 9.17) is 4.74 Å². The zero-order valence-corrected chi connectivity index (χ0v) is 14.5. The first-order valence-corrected chi connectivity index (χ1v) is 8.83. The fourth-order valence-corrected chi connectivity index (χ4v) is 3.15. The molecule has 122 valence electrons. The van der Waals surface area contributed by atoms with Crippen LogP contribution >= 0.6 is 0 Å². The van der Waals surface area contributed by atoms with Crippen LogP contribution in [0.1, 0.15) is 58.2 Å². The van der Waals surface area contributed by atoms with Gasteiger partial charge < -0.3 is 4.74 Å². The highest BCUT2D eigenvalue weighted by Crippen LogP contribution is 2.14. The summed E-state index contributed by atoms with van der Waals surface area (Å²) in [6.45, 7) is 6.00. The number of rotatable bonds is 10. The van der Waals surface area contributed by atoms with Crippen LogP contribution in [-0.2, 0) is 24.9 Å². The second-order valence-corrected chi connectivity index (χ2v) is 6.05. The van der Waals surface area contributed by atoms with Gasteiger partial charge in [0.25, 0.3) is 5.82 Å². The van der Waals surface area contributed by atoms with Gasteiger partial charge in [0.05, 0.1) is 13.7 Å². The molecule has 0 aliphatic carbocycles. The van der Waals surface area contributed by atoms with Crippen molar-refractivity contribution in [2.45, 2.75) is 65.5 Å². The average molecular weight is 303 g/mol. The molecule has 0 spiro atoms. The van der Waals surface area contributed by atoms with E-state index in [1.54, 1.807) is 0 Å². The van der Waals surface area contributed by atoms with Crippen molar-refractivity contribution in [3.63, 3.8) is 0 Å². The molecule has 0 N–H and O–H groups in total. The lowest BCUT2D eigenvalue weighted by Gasteiger charge is -2.04. The molecule has 0 radical (unpaired) electrons. The molecular formula is C19H31N2O+. The zero-order chi connectivity index (χ0) is 15.8. The number of aromatic nitrogens is 2. The van der Waals surface area contributed by atoms with Crippen LogP contribution in [0.5, 0.6) is 0 Å². The van der Waals surface area contributed by atoms with Gasteiger partial charge in [-0.05, 0) is 18.6 Å². The van der Waals surface area contributed by atoms with Crippen LogP contribution in [0.4, 0.5) is 0 Å². The predicted molar refractivity (Wildman–Crippen MR) is 91.8 cm³/mol. The Morgan fingerprint density at radius 2 is 1.73 bits per heavy atom. The minimum atomic E-state index is 0.666. The molecule has 0 atom stereocenters. The van der Waals surface area contributed by atoms with Crippen LogP contribution in [0.25, 0.3) is 11.0 Å². The number of imidazole rings is 1. The number of ether oxygens (including phenoxy) is 1. The van der Waals surface area contributed by atoms with Crippen molar-refractivity contribution in [2.24, 2.45) is 7.05 Å². The number of fused-ring (bicyclic) bond motifs is 1. The Labute approximate surface area is 134 Å². The van der Waals surface area contributed by atoms with Crippen molar-refractivity contribution in [3.8, 4) is 0 Å². The molecule has 3 nitrogen and oxygen atoms in total. The Bertz CT molecular complexity index is 574. The highest BCUT2D eigenvalue weighted by Gasteiger charge is 2.20. The van der Waals surface area contributed by atoms with Gasteiger partial charge >= 0.3 is 0 Å². The second-order valence-electron chi connectivity index (χ2n) is 6.05. The third kappa shape index (κ3) is 4.10. The summed E-state index contributed by atoms with van der Waals surface area (Å²) in [5.74, 6) is 1.32. The van der Waals surface area contributed by atoms with Crippen LogP contribution in [0.2, 0.25) is 0 Å². The van der Waals surface area contributed by atoms with Crippen molar-refractivity contribution in [2.75, 3.05) is 6.61 Å². The van der Waals surface area contributed by atoms with E-state index in [2.05, 4.69) is 54.3 Å². The monoisotopic (exact) mass is 303 g/mol. The first-order chi connectivity index (χ1) is 10.8. The maximum atomic E-state index is 5.94. The highest BCUT2D eigenvalue weighted by atomic mass is 16.5. The number of benzene rings is 1. The fraction of sp³-hybridized carbons (Fsp3) is 0.632. The van der Waals surface area contributed by atoms with Crippen LogP contribution in [0.3, 0.4) is 0 Å². The molecule has 2 rings (SSSR count). The summed E-state index contributed by atoms with van der Waals surface area (Å²) < 4.78 is 10.5. The molecule has 0 fully saturated rings. The fourth-order valence-electron chi connectivity index (χ4n) is 3.15. The van der Waals surface area contributed by atoms with Crippen molar-refractivity contribution in [3.05, 3.63) is 30.1 Å². The second kappa shape index (κ2) is 8.94. The molecule has 0 saturated carbocycles. The quantitative estimate of drug-likeness (QED) is 0.471. The zero-order valence-electron chi connectivity index (χ0n) is 14.5. The SMILES string of the molecule is CCCCCCCCOCn1c(CC)[n+](C)c2ccccc21. The smallest absolute Gasteiger partial charge is 0.258 e. The number of hydrogen-bond donors (Lipinski definition) is 0. The van der Waals surface area contributed by atoms with Crippen LogP contribution in [-0.4, -0.2) is 11.2 Å². The molecule has 1 aromatic carbocycles. The van der Waals surface area contributed by atoms with Gasteiger partial charge in [-0.1, -0.05) is 58.1 Å². The van der Waals surface area contributed by atoms with Gasteiger partial charge in [-0.3, -0.25) is 0 Å². The Balaban J connectivity index is 1.86. The van der Waals surface area contributed by atoms with Gasteiger partial charge in [0.15, 0.2) is 17.8 Å². The molecule has 0 bridgehead atoms. The van der Waals surface area contributed by atoms with Crippen molar-refractivity contribution in [1.82, 2.24) is 4.57 Å². The van der Waals surface area contributed by atoms with Crippen LogP contribution in [0, 0.1) is 0 Å². The first-order valence-electron chi connectivity index (χ1n) is 8.83. The van der Waals surface area contributed by atoms with E-state index in [0.29, 0.717) is 6.73 Å². The molecule has 1 aromatic heterocycles. The largest absolute Gasteiger partial charge is 0.342 e. The molecule has 22 heavy (non-hydrogen) atoms.